The molecule has 6 rings (SSSR count). The maximum Gasteiger partial charge on any atom is 0.349 e. The lowest BCUT2D eigenvalue weighted by molar-refractivity contribution is -0.120. The van der Waals surface area contributed by atoms with Crippen molar-refractivity contribution < 1.29 is 4.79 Å². The third-order valence-electron chi connectivity index (χ3n) is 7.20. The molecule has 4 aliphatic carbocycles. The third kappa shape index (κ3) is 3.71. The monoisotopic (exact) mass is 428 g/mol. The summed E-state index contributed by atoms with van der Waals surface area (Å²) in [6.07, 6.45) is 10.4. The Kier molecular flexibility index (Phi) is 4.81. The summed E-state index contributed by atoms with van der Waals surface area (Å²) in [7, 11) is 0. The molecule has 1 aromatic carbocycles. The lowest BCUT2D eigenvalue weighted by Crippen LogP contribution is -2.40. The molecule has 4 saturated carbocycles. The second-order valence-electron chi connectivity index (χ2n) is 9.50. The molecule has 158 valence electrons. The predicted octanol–water partition coefficient (Wildman–Crippen LogP) is 3.51. The Morgan fingerprint density at radius 1 is 1.17 bits per heavy atom. The van der Waals surface area contributed by atoms with Gasteiger partial charge in [-0.3, -0.25) is 14.6 Å². The Morgan fingerprint density at radius 3 is 2.57 bits per heavy atom. The summed E-state index contributed by atoms with van der Waals surface area (Å²) in [5, 5.41) is 7.22. The summed E-state index contributed by atoms with van der Waals surface area (Å²) < 4.78 is 1.07. The lowest BCUT2D eigenvalue weighted by atomic mass is 9.57. The van der Waals surface area contributed by atoms with Crippen molar-refractivity contribution in [3.8, 4) is 5.69 Å². The van der Waals surface area contributed by atoms with Crippen LogP contribution < -0.4 is 16.6 Å². The number of benzene rings is 1. The molecule has 1 heterocycles. The molecule has 0 radical (unpaired) electrons. The number of anilines is 1. The largest absolute Gasteiger partial charge is 0.349 e. The van der Waals surface area contributed by atoms with Crippen molar-refractivity contribution >= 4 is 23.2 Å². The molecule has 30 heavy (non-hydrogen) atoms. The second kappa shape index (κ2) is 7.38. The molecule has 1 amide bonds. The van der Waals surface area contributed by atoms with Crippen molar-refractivity contribution in [3.05, 3.63) is 50.3 Å². The van der Waals surface area contributed by atoms with Crippen LogP contribution in [0.5, 0.6) is 0 Å². The first-order chi connectivity index (χ1) is 14.4. The number of H-pyrrole nitrogens is 1. The summed E-state index contributed by atoms with van der Waals surface area (Å²) in [5.74, 6) is 2.30. The van der Waals surface area contributed by atoms with Gasteiger partial charge in [0, 0.05) is 6.42 Å². The van der Waals surface area contributed by atoms with E-state index in [1.54, 1.807) is 18.2 Å². The molecule has 4 bridgehead atoms. The smallest absolute Gasteiger partial charge is 0.325 e. The van der Waals surface area contributed by atoms with E-state index in [0.29, 0.717) is 22.8 Å². The Hall–Kier alpha value is -2.41. The SMILES string of the molecule is O=C(CC12CC3CCC(CC(C3)C1)C2)Nc1cc(-n2ncc(=O)[nH]c2=O)ccc1Cl. The number of nitrogens with one attached hydrogen (secondary N) is 2. The van der Waals surface area contributed by atoms with Crippen LogP contribution in [-0.4, -0.2) is 20.7 Å². The Balaban J connectivity index is 1.36. The molecule has 4 fully saturated rings. The van der Waals surface area contributed by atoms with E-state index in [1.165, 1.54) is 25.7 Å². The van der Waals surface area contributed by atoms with Crippen LogP contribution in [0, 0.1) is 23.2 Å². The van der Waals surface area contributed by atoms with E-state index in [0.717, 1.165) is 47.9 Å². The van der Waals surface area contributed by atoms with Gasteiger partial charge in [-0.2, -0.15) is 9.78 Å². The highest BCUT2D eigenvalue weighted by molar-refractivity contribution is 6.33. The molecule has 2 aromatic rings. The van der Waals surface area contributed by atoms with Gasteiger partial charge in [0.15, 0.2) is 0 Å². The number of nitrogens with zero attached hydrogens (tertiary/aromatic N) is 2. The molecule has 2 N–H and O–H groups in total. The average Bonchev–Trinajstić information content (AvgIpc) is 2.88. The number of carbonyl (C=O) groups is 1. The fourth-order valence-electron chi connectivity index (χ4n) is 6.40. The number of rotatable bonds is 4. The Morgan fingerprint density at radius 2 is 1.87 bits per heavy atom. The van der Waals surface area contributed by atoms with Gasteiger partial charge in [-0.1, -0.05) is 24.4 Å². The zero-order chi connectivity index (χ0) is 20.9. The van der Waals surface area contributed by atoms with Crippen molar-refractivity contribution in [2.24, 2.45) is 23.2 Å². The van der Waals surface area contributed by atoms with Gasteiger partial charge in [-0.15, -0.1) is 0 Å². The van der Waals surface area contributed by atoms with E-state index in [-0.39, 0.29) is 11.3 Å². The van der Waals surface area contributed by atoms with E-state index in [9.17, 15) is 14.4 Å². The number of amides is 1. The van der Waals surface area contributed by atoms with Gasteiger partial charge in [-0.05, 0) is 73.5 Å². The molecular formula is C22H25ClN4O3. The van der Waals surface area contributed by atoms with E-state index in [1.807, 2.05) is 0 Å². The summed E-state index contributed by atoms with van der Waals surface area (Å²) in [4.78, 5) is 38.5. The summed E-state index contributed by atoms with van der Waals surface area (Å²) >= 11 is 6.31. The molecular weight excluding hydrogens is 404 g/mol. The van der Waals surface area contributed by atoms with Gasteiger partial charge in [0.05, 0.1) is 16.4 Å². The number of hydrogen-bond acceptors (Lipinski definition) is 4. The highest BCUT2D eigenvalue weighted by Crippen LogP contribution is 2.59. The molecule has 0 saturated heterocycles. The van der Waals surface area contributed by atoms with Gasteiger partial charge >= 0.3 is 5.69 Å². The molecule has 2 atom stereocenters. The molecule has 1 aromatic heterocycles. The van der Waals surface area contributed by atoms with Crippen LogP contribution in [0.25, 0.3) is 5.69 Å². The Bertz CT molecular complexity index is 1090. The molecule has 7 nitrogen and oxygen atoms in total. The fraction of sp³-hybridized carbons (Fsp3) is 0.545. The first-order valence-electron chi connectivity index (χ1n) is 10.7. The van der Waals surface area contributed by atoms with Crippen LogP contribution in [-0.2, 0) is 4.79 Å². The lowest BCUT2D eigenvalue weighted by Gasteiger charge is -2.48. The molecule has 4 aliphatic rings. The first-order valence-corrected chi connectivity index (χ1v) is 11.1. The van der Waals surface area contributed by atoms with Crippen molar-refractivity contribution in [2.75, 3.05) is 5.32 Å². The number of carbonyl (C=O) groups excluding carboxylic acids is 1. The van der Waals surface area contributed by atoms with E-state index >= 15 is 0 Å². The maximum absolute atomic E-state index is 13.0. The van der Waals surface area contributed by atoms with Gasteiger partial charge in [-0.25, -0.2) is 4.79 Å². The van der Waals surface area contributed by atoms with Gasteiger partial charge < -0.3 is 5.32 Å². The minimum absolute atomic E-state index is 0.0298. The van der Waals surface area contributed by atoms with Crippen LogP contribution in [0.15, 0.2) is 34.0 Å². The fourth-order valence-corrected chi connectivity index (χ4v) is 6.56. The number of aromatic amines is 1. The Labute approximate surface area is 178 Å². The zero-order valence-electron chi connectivity index (χ0n) is 16.7. The standard InChI is InChI=1S/C22H25ClN4O3/c23-17-4-3-16(27-21(30)26-20(29)12-24-27)7-18(17)25-19(28)11-22-8-13-1-2-14(9-22)6-15(5-13)10-22/h3-4,7,12-15H,1-2,5-6,8-11H2,(H,25,28)(H,26,29,30). The van der Waals surface area contributed by atoms with Crippen LogP contribution in [0.4, 0.5) is 5.69 Å². The van der Waals surface area contributed by atoms with Crippen LogP contribution in [0.2, 0.25) is 5.02 Å². The van der Waals surface area contributed by atoms with Gasteiger partial charge in [0.1, 0.15) is 6.20 Å². The van der Waals surface area contributed by atoms with Gasteiger partial charge in [0.25, 0.3) is 5.56 Å². The average molecular weight is 429 g/mol. The van der Waals surface area contributed by atoms with Crippen molar-refractivity contribution in [1.29, 1.82) is 0 Å². The number of halogens is 1. The highest BCUT2D eigenvalue weighted by Gasteiger charge is 2.49. The molecule has 8 heteroatoms. The zero-order valence-corrected chi connectivity index (χ0v) is 17.5. The highest BCUT2D eigenvalue weighted by atomic mass is 35.5. The molecule has 2 unspecified atom stereocenters. The van der Waals surface area contributed by atoms with Crippen LogP contribution in [0.1, 0.15) is 51.4 Å². The summed E-state index contributed by atoms with van der Waals surface area (Å²) in [5.41, 5.74) is -0.222. The minimum Gasteiger partial charge on any atom is -0.325 e. The number of fused-ring (bicyclic) bond motifs is 1. The van der Waals surface area contributed by atoms with E-state index < -0.39 is 11.2 Å². The second-order valence-corrected chi connectivity index (χ2v) is 9.91. The third-order valence-corrected chi connectivity index (χ3v) is 7.53. The normalized spacial score (nSPS) is 29.6. The topological polar surface area (TPSA) is 96.8 Å². The maximum atomic E-state index is 13.0. The first kappa shape index (κ1) is 19.5. The van der Waals surface area contributed by atoms with Crippen molar-refractivity contribution in [1.82, 2.24) is 14.8 Å². The van der Waals surface area contributed by atoms with Crippen LogP contribution >= 0.6 is 11.6 Å². The van der Waals surface area contributed by atoms with Gasteiger partial charge in [0.2, 0.25) is 5.91 Å². The van der Waals surface area contributed by atoms with Crippen molar-refractivity contribution in [2.45, 2.75) is 51.4 Å². The van der Waals surface area contributed by atoms with E-state index in [4.69, 9.17) is 11.6 Å². The van der Waals surface area contributed by atoms with E-state index in [2.05, 4.69) is 15.4 Å². The summed E-state index contributed by atoms with van der Waals surface area (Å²) in [6.45, 7) is 0. The summed E-state index contributed by atoms with van der Waals surface area (Å²) in [6, 6.07) is 4.84. The van der Waals surface area contributed by atoms with Crippen molar-refractivity contribution in [3.63, 3.8) is 0 Å². The minimum atomic E-state index is -0.646. The molecule has 0 spiro atoms. The predicted molar refractivity (Wildman–Crippen MR) is 114 cm³/mol. The number of hydrogen-bond donors (Lipinski definition) is 2. The number of aromatic nitrogens is 3. The van der Waals surface area contributed by atoms with Crippen LogP contribution in [0.3, 0.4) is 0 Å². The molecule has 0 aliphatic heterocycles. The quantitative estimate of drug-likeness (QED) is 0.778.